The molecule has 4 nitrogen and oxygen atoms in total. The summed E-state index contributed by atoms with van der Waals surface area (Å²) < 4.78 is 0. The summed E-state index contributed by atoms with van der Waals surface area (Å²) in [6.07, 6.45) is 4.72. The summed E-state index contributed by atoms with van der Waals surface area (Å²) in [5, 5.41) is 0.998. The predicted octanol–water partition coefficient (Wildman–Crippen LogP) is 1.37. The maximum Gasteiger partial charge on any atom is 0.133 e. The van der Waals surface area contributed by atoms with Crippen LogP contribution in [-0.4, -0.2) is 35.9 Å². The Labute approximate surface area is 95.3 Å². The molecule has 1 heterocycles. The van der Waals surface area contributed by atoms with Gasteiger partial charge in [0, 0.05) is 25.7 Å². The molecule has 0 aliphatic heterocycles. The summed E-state index contributed by atoms with van der Waals surface area (Å²) in [4.78, 5) is 10.6. The lowest BCUT2D eigenvalue weighted by Crippen LogP contribution is -2.30. The molecule has 0 fully saturated rings. The van der Waals surface area contributed by atoms with Crippen LogP contribution in [0.15, 0.2) is 17.4 Å². The van der Waals surface area contributed by atoms with Crippen molar-refractivity contribution in [3.63, 3.8) is 0 Å². The highest BCUT2D eigenvalue weighted by atomic mass is 32.2. The van der Waals surface area contributed by atoms with Crippen molar-refractivity contribution in [2.45, 2.75) is 18.4 Å². The number of rotatable bonds is 6. The molecular formula is C10H18N4S. The molecule has 84 valence electrons. The van der Waals surface area contributed by atoms with Crippen LogP contribution < -0.4 is 10.6 Å². The number of nitrogens with two attached hydrogens (primary N) is 1. The monoisotopic (exact) mass is 226 g/mol. The van der Waals surface area contributed by atoms with Gasteiger partial charge < -0.3 is 10.6 Å². The largest absolute Gasteiger partial charge is 0.355 e. The van der Waals surface area contributed by atoms with E-state index in [4.69, 9.17) is 5.73 Å². The number of hydrogen-bond acceptors (Lipinski definition) is 5. The Hall–Kier alpha value is -0.810. The van der Waals surface area contributed by atoms with E-state index < -0.39 is 0 Å². The average Bonchev–Trinajstić information content (AvgIpc) is 2.29. The summed E-state index contributed by atoms with van der Waals surface area (Å²) in [6, 6.07) is 2.01. The Morgan fingerprint density at radius 1 is 1.40 bits per heavy atom. The van der Waals surface area contributed by atoms with Gasteiger partial charge in [-0.15, -0.1) is 11.8 Å². The minimum Gasteiger partial charge on any atom is -0.355 e. The normalized spacial score (nSPS) is 10.3. The van der Waals surface area contributed by atoms with E-state index in [9.17, 15) is 0 Å². The van der Waals surface area contributed by atoms with E-state index in [1.807, 2.05) is 12.3 Å². The third-order valence-electron chi connectivity index (χ3n) is 2.05. The predicted molar refractivity (Wildman–Crippen MR) is 65.4 cm³/mol. The van der Waals surface area contributed by atoms with Gasteiger partial charge in [0.15, 0.2) is 0 Å². The van der Waals surface area contributed by atoms with E-state index >= 15 is 0 Å². The van der Waals surface area contributed by atoms with Crippen molar-refractivity contribution in [2.75, 3.05) is 30.8 Å². The molecule has 0 saturated carbocycles. The third kappa shape index (κ3) is 3.68. The molecule has 0 saturated heterocycles. The van der Waals surface area contributed by atoms with Crippen LogP contribution in [0.2, 0.25) is 0 Å². The molecule has 0 aliphatic carbocycles. The zero-order valence-electron chi connectivity index (χ0n) is 9.31. The maximum atomic E-state index is 5.58. The van der Waals surface area contributed by atoms with Gasteiger partial charge >= 0.3 is 0 Å². The first-order chi connectivity index (χ1) is 7.31. The first kappa shape index (κ1) is 12.3. The molecule has 2 N–H and O–H groups in total. The molecule has 0 radical (unpaired) electrons. The second-order valence-electron chi connectivity index (χ2n) is 3.19. The minimum absolute atomic E-state index is 0.651. The molecule has 0 aromatic carbocycles. The van der Waals surface area contributed by atoms with Gasteiger partial charge in [-0.1, -0.05) is 6.92 Å². The molecule has 1 aromatic rings. The average molecular weight is 226 g/mol. The molecule has 1 rings (SSSR count). The zero-order valence-corrected chi connectivity index (χ0v) is 10.1. The first-order valence-electron chi connectivity index (χ1n) is 5.12. The second kappa shape index (κ2) is 6.63. The molecule has 0 spiro atoms. The molecule has 0 aliphatic rings. The van der Waals surface area contributed by atoms with Crippen molar-refractivity contribution < 1.29 is 0 Å². The SMILES string of the molecule is CCCN(CCN)c1cc(SC)ncn1. The Kier molecular flexibility index (Phi) is 5.42. The van der Waals surface area contributed by atoms with Gasteiger partial charge in [-0.3, -0.25) is 0 Å². The van der Waals surface area contributed by atoms with Crippen molar-refractivity contribution in [3.8, 4) is 0 Å². The Bertz CT molecular complexity index is 287. The van der Waals surface area contributed by atoms with Crippen LogP contribution in [-0.2, 0) is 0 Å². The van der Waals surface area contributed by atoms with E-state index in [1.165, 1.54) is 0 Å². The van der Waals surface area contributed by atoms with Gasteiger partial charge in [0.05, 0.1) is 0 Å². The summed E-state index contributed by atoms with van der Waals surface area (Å²) in [7, 11) is 0. The molecule has 5 heteroatoms. The summed E-state index contributed by atoms with van der Waals surface area (Å²) in [5.74, 6) is 0.974. The van der Waals surface area contributed by atoms with Crippen LogP contribution in [0.3, 0.4) is 0 Å². The highest BCUT2D eigenvalue weighted by Crippen LogP contribution is 2.17. The number of thioether (sulfide) groups is 1. The van der Waals surface area contributed by atoms with Crippen molar-refractivity contribution in [2.24, 2.45) is 5.73 Å². The minimum atomic E-state index is 0.651. The molecule has 0 atom stereocenters. The smallest absolute Gasteiger partial charge is 0.133 e. The van der Waals surface area contributed by atoms with Crippen LogP contribution in [0.1, 0.15) is 13.3 Å². The number of aromatic nitrogens is 2. The van der Waals surface area contributed by atoms with Crippen molar-refractivity contribution in [3.05, 3.63) is 12.4 Å². The lowest BCUT2D eigenvalue weighted by atomic mass is 10.4. The maximum absolute atomic E-state index is 5.58. The van der Waals surface area contributed by atoms with Crippen molar-refractivity contribution in [1.82, 2.24) is 9.97 Å². The van der Waals surface area contributed by atoms with Gasteiger partial charge in [-0.05, 0) is 12.7 Å². The molecule has 0 bridgehead atoms. The molecule has 0 amide bonds. The molecule has 15 heavy (non-hydrogen) atoms. The van der Waals surface area contributed by atoms with Crippen LogP contribution >= 0.6 is 11.8 Å². The van der Waals surface area contributed by atoms with Crippen LogP contribution in [0, 0.1) is 0 Å². The van der Waals surface area contributed by atoms with E-state index in [1.54, 1.807) is 18.1 Å². The molecule has 0 unspecified atom stereocenters. The van der Waals surface area contributed by atoms with Crippen LogP contribution in [0.5, 0.6) is 0 Å². The topological polar surface area (TPSA) is 55.0 Å². The standard InChI is InChI=1S/C10H18N4S/c1-3-5-14(6-4-11)9-7-10(15-2)13-8-12-9/h7-8H,3-6,11H2,1-2H3. The van der Waals surface area contributed by atoms with Gasteiger partial charge in [0.25, 0.3) is 0 Å². The lowest BCUT2D eigenvalue weighted by molar-refractivity contribution is 0.746. The molecule has 1 aromatic heterocycles. The number of anilines is 1. The first-order valence-corrected chi connectivity index (χ1v) is 6.35. The Morgan fingerprint density at radius 2 is 2.20 bits per heavy atom. The fourth-order valence-electron chi connectivity index (χ4n) is 1.38. The summed E-state index contributed by atoms with van der Waals surface area (Å²) in [5.41, 5.74) is 5.58. The summed E-state index contributed by atoms with van der Waals surface area (Å²) >= 11 is 1.63. The fourth-order valence-corrected chi connectivity index (χ4v) is 1.76. The highest BCUT2D eigenvalue weighted by Gasteiger charge is 2.06. The van der Waals surface area contributed by atoms with E-state index in [-0.39, 0.29) is 0 Å². The van der Waals surface area contributed by atoms with E-state index in [0.717, 1.165) is 30.4 Å². The lowest BCUT2D eigenvalue weighted by Gasteiger charge is -2.22. The second-order valence-corrected chi connectivity index (χ2v) is 4.02. The quantitative estimate of drug-likeness (QED) is 0.586. The van der Waals surface area contributed by atoms with Crippen molar-refractivity contribution >= 4 is 17.6 Å². The Balaban J connectivity index is 2.79. The fraction of sp³-hybridized carbons (Fsp3) is 0.600. The summed E-state index contributed by atoms with van der Waals surface area (Å²) in [6.45, 7) is 4.64. The molecular weight excluding hydrogens is 208 g/mol. The number of hydrogen-bond donors (Lipinski definition) is 1. The van der Waals surface area contributed by atoms with Gasteiger partial charge in [-0.2, -0.15) is 0 Å². The van der Waals surface area contributed by atoms with Crippen molar-refractivity contribution in [1.29, 1.82) is 0 Å². The third-order valence-corrected chi connectivity index (χ3v) is 2.69. The van der Waals surface area contributed by atoms with Gasteiger partial charge in [0.1, 0.15) is 17.2 Å². The van der Waals surface area contributed by atoms with Gasteiger partial charge in [-0.25, -0.2) is 9.97 Å². The van der Waals surface area contributed by atoms with E-state index in [0.29, 0.717) is 6.54 Å². The highest BCUT2D eigenvalue weighted by molar-refractivity contribution is 7.98. The van der Waals surface area contributed by atoms with Crippen LogP contribution in [0.4, 0.5) is 5.82 Å². The van der Waals surface area contributed by atoms with Gasteiger partial charge in [0.2, 0.25) is 0 Å². The van der Waals surface area contributed by atoms with E-state index in [2.05, 4.69) is 21.8 Å². The van der Waals surface area contributed by atoms with Crippen LogP contribution in [0.25, 0.3) is 0 Å². The number of nitrogens with zero attached hydrogens (tertiary/aromatic N) is 3. The zero-order chi connectivity index (χ0) is 11.1. The Morgan fingerprint density at radius 3 is 2.80 bits per heavy atom.